The highest BCUT2D eigenvalue weighted by Crippen LogP contribution is 2.17. The number of carbonyl (C=O) groups excluding carboxylic acids is 2. The highest BCUT2D eigenvalue weighted by Gasteiger charge is 2.20. The van der Waals surface area contributed by atoms with Gasteiger partial charge in [-0.25, -0.2) is 4.79 Å². The molecule has 0 spiro atoms. The van der Waals surface area contributed by atoms with Crippen LogP contribution in [0, 0.1) is 0 Å². The second-order valence-electron chi connectivity index (χ2n) is 6.10. The zero-order valence-electron chi connectivity index (χ0n) is 13.8. The number of aliphatic carboxylic acids is 1. The summed E-state index contributed by atoms with van der Waals surface area (Å²) >= 11 is 0. The minimum Gasteiger partial charge on any atom is -0.480 e. The van der Waals surface area contributed by atoms with E-state index in [1.54, 1.807) is 6.92 Å². The molecule has 0 radical (unpaired) electrons. The molecule has 0 bridgehead atoms. The molecule has 2 amide bonds. The molecule has 132 valence electrons. The largest absolute Gasteiger partial charge is 0.480 e. The molecule has 1 heterocycles. The average Bonchev–Trinajstić information content (AvgIpc) is 3.01. The summed E-state index contributed by atoms with van der Waals surface area (Å²) in [5, 5.41) is 18.4. The molecule has 0 aromatic carbocycles. The molecule has 3 N–H and O–H groups in total. The summed E-state index contributed by atoms with van der Waals surface area (Å²) in [4.78, 5) is 35.0. The maximum Gasteiger partial charge on any atom is 0.326 e. The van der Waals surface area contributed by atoms with Crippen molar-refractivity contribution in [2.45, 2.75) is 64.1 Å². The monoisotopic (exact) mass is 336 g/mol. The fourth-order valence-corrected chi connectivity index (χ4v) is 2.81. The zero-order valence-corrected chi connectivity index (χ0v) is 13.8. The number of hydrogen-bond donors (Lipinski definition) is 3. The Morgan fingerprint density at radius 3 is 2.67 bits per heavy atom. The van der Waals surface area contributed by atoms with Gasteiger partial charge in [0.05, 0.1) is 11.8 Å². The van der Waals surface area contributed by atoms with Gasteiger partial charge in [0.15, 0.2) is 0 Å². The van der Waals surface area contributed by atoms with Crippen molar-refractivity contribution in [3.63, 3.8) is 0 Å². The Bertz CT molecular complexity index is 593. The van der Waals surface area contributed by atoms with Gasteiger partial charge >= 0.3 is 5.97 Å². The summed E-state index contributed by atoms with van der Waals surface area (Å²) in [7, 11) is 0. The first kappa shape index (κ1) is 18.0. The number of carbonyl (C=O) groups is 3. The van der Waals surface area contributed by atoms with Crippen LogP contribution in [-0.2, 0) is 16.1 Å². The molecule has 1 aliphatic carbocycles. The molecule has 1 aromatic heterocycles. The van der Waals surface area contributed by atoms with E-state index in [0.717, 1.165) is 25.7 Å². The van der Waals surface area contributed by atoms with Crippen molar-refractivity contribution in [3.05, 3.63) is 18.0 Å². The molecule has 1 aliphatic rings. The highest BCUT2D eigenvalue weighted by atomic mass is 16.4. The number of rotatable bonds is 7. The number of hydrogen-bond acceptors (Lipinski definition) is 4. The summed E-state index contributed by atoms with van der Waals surface area (Å²) in [5.74, 6) is -1.72. The summed E-state index contributed by atoms with van der Waals surface area (Å²) in [6.45, 7) is 1.72. The van der Waals surface area contributed by atoms with E-state index in [1.807, 2.05) is 0 Å². The van der Waals surface area contributed by atoms with Crippen LogP contribution in [0.4, 0.5) is 0 Å². The van der Waals surface area contributed by atoms with Crippen molar-refractivity contribution in [1.82, 2.24) is 20.4 Å². The lowest BCUT2D eigenvalue weighted by atomic mass is 9.95. The van der Waals surface area contributed by atoms with Crippen LogP contribution in [0.2, 0.25) is 0 Å². The van der Waals surface area contributed by atoms with E-state index in [1.165, 1.54) is 23.5 Å². The second-order valence-corrected chi connectivity index (χ2v) is 6.10. The van der Waals surface area contributed by atoms with Crippen molar-refractivity contribution < 1.29 is 19.5 Å². The number of aromatic nitrogens is 2. The first-order valence-corrected chi connectivity index (χ1v) is 8.35. The second kappa shape index (κ2) is 8.47. The van der Waals surface area contributed by atoms with E-state index in [2.05, 4.69) is 15.7 Å². The van der Waals surface area contributed by atoms with Gasteiger partial charge in [0.25, 0.3) is 5.91 Å². The van der Waals surface area contributed by atoms with Crippen LogP contribution in [0.5, 0.6) is 0 Å². The van der Waals surface area contributed by atoms with Crippen LogP contribution < -0.4 is 10.6 Å². The minimum atomic E-state index is -1.08. The summed E-state index contributed by atoms with van der Waals surface area (Å²) < 4.78 is 1.38. The molecule has 8 heteroatoms. The molecule has 1 unspecified atom stereocenters. The first-order chi connectivity index (χ1) is 11.5. The van der Waals surface area contributed by atoms with E-state index in [-0.39, 0.29) is 24.1 Å². The summed E-state index contributed by atoms with van der Waals surface area (Å²) in [6.07, 6.45) is 8.58. The number of amides is 2. The number of carboxylic acids is 1. The van der Waals surface area contributed by atoms with E-state index in [4.69, 9.17) is 5.11 Å². The van der Waals surface area contributed by atoms with Gasteiger partial charge in [0.1, 0.15) is 12.6 Å². The van der Waals surface area contributed by atoms with Crippen LogP contribution >= 0.6 is 0 Å². The molecular weight excluding hydrogens is 312 g/mol. The lowest BCUT2D eigenvalue weighted by Gasteiger charge is -2.22. The van der Waals surface area contributed by atoms with E-state index in [9.17, 15) is 14.4 Å². The standard InChI is InChI=1S/C16H24N4O4/c1-2-13(16(23)24)19-15(22)11-8-17-20(9-11)10-14(21)18-12-6-4-3-5-7-12/h8-9,12-13H,2-7,10H2,1H3,(H,18,21)(H,19,22)(H,23,24). The number of nitrogens with zero attached hydrogens (tertiary/aromatic N) is 2. The molecule has 1 atom stereocenters. The Kier molecular flexibility index (Phi) is 6.34. The van der Waals surface area contributed by atoms with Crippen molar-refractivity contribution in [1.29, 1.82) is 0 Å². The topological polar surface area (TPSA) is 113 Å². The first-order valence-electron chi connectivity index (χ1n) is 8.35. The third-order valence-electron chi connectivity index (χ3n) is 4.18. The Hall–Kier alpha value is -2.38. The fraction of sp³-hybridized carbons (Fsp3) is 0.625. The SMILES string of the molecule is CCC(NC(=O)c1cnn(CC(=O)NC2CCCCC2)c1)C(=O)O. The molecule has 0 saturated heterocycles. The van der Waals surface area contributed by atoms with Gasteiger partial charge in [-0.2, -0.15) is 5.10 Å². The molecular formula is C16H24N4O4. The third-order valence-corrected chi connectivity index (χ3v) is 4.18. The molecule has 1 aromatic rings. The van der Waals surface area contributed by atoms with Gasteiger partial charge in [-0.05, 0) is 19.3 Å². The zero-order chi connectivity index (χ0) is 17.5. The number of nitrogens with one attached hydrogen (secondary N) is 2. The molecule has 24 heavy (non-hydrogen) atoms. The average molecular weight is 336 g/mol. The van der Waals surface area contributed by atoms with Crippen LogP contribution in [-0.4, -0.2) is 44.8 Å². The maximum absolute atomic E-state index is 12.0. The fourth-order valence-electron chi connectivity index (χ4n) is 2.81. The molecule has 2 rings (SSSR count). The Balaban J connectivity index is 1.86. The lowest BCUT2D eigenvalue weighted by molar-refractivity contribution is -0.139. The van der Waals surface area contributed by atoms with Crippen LogP contribution in [0.3, 0.4) is 0 Å². The Morgan fingerprint density at radius 1 is 1.33 bits per heavy atom. The van der Waals surface area contributed by atoms with Crippen molar-refractivity contribution >= 4 is 17.8 Å². The Labute approximate surface area is 140 Å². The van der Waals surface area contributed by atoms with Crippen molar-refractivity contribution in [2.24, 2.45) is 0 Å². The lowest BCUT2D eigenvalue weighted by Crippen LogP contribution is -2.40. The predicted octanol–water partition coefficient (Wildman–Crippen LogP) is 0.925. The summed E-state index contributed by atoms with van der Waals surface area (Å²) in [5.41, 5.74) is 0.236. The van der Waals surface area contributed by atoms with Gasteiger partial charge in [0.2, 0.25) is 5.91 Å². The van der Waals surface area contributed by atoms with Crippen molar-refractivity contribution in [3.8, 4) is 0 Å². The van der Waals surface area contributed by atoms with E-state index >= 15 is 0 Å². The number of carboxylic acid groups (broad SMARTS) is 1. The van der Waals surface area contributed by atoms with Gasteiger partial charge in [-0.3, -0.25) is 14.3 Å². The quantitative estimate of drug-likeness (QED) is 0.685. The van der Waals surface area contributed by atoms with Crippen molar-refractivity contribution in [2.75, 3.05) is 0 Å². The van der Waals surface area contributed by atoms with Gasteiger partial charge in [0, 0.05) is 12.2 Å². The van der Waals surface area contributed by atoms with E-state index < -0.39 is 17.9 Å². The Morgan fingerprint density at radius 2 is 2.04 bits per heavy atom. The highest BCUT2D eigenvalue weighted by molar-refractivity contribution is 5.96. The normalized spacial score (nSPS) is 16.4. The molecule has 0 aliphatic heterocycles. The molecule has 1 fully saturated rings. The predicted molar refractivity (Wildman–Crippen MR) is 86.4 cm³/mol. The smallest absolute Gasteiger partial charge is 0.326 e. The van der Waals surface area contributed by atoms with Crippen LogP contribution in [0.1, 0.15) is 55.8 Å². The van der Waals surface area contributed by atoms with Gasteiger partial charge in [-0.15, -0.1) is 0 Å². The maximum atomic E-state index is 12.0. The van der Waals surface area contributed by atoms with Crippen LogP contribution in [0.25, 0.3) is 0 Å². The summed E-state index contributed by atoms with van der Waals surface area (Å²) in [6, 6.07) is -0.707. The van der Waals surface area contributed by atoms with E-state index in [0.29, 0.717) is 6.42 Å². The molecule has 1 saturated carbocycles. The minimum absolute atomic E-state index is 0.0416. The molecule has 8 nitrogen and oxygen atoms in total. The third kappa shape index (κ3) is 5.07. The van der Waals surface area contributed by atoms with Crippen LogP contribution in [0.15, 0.2) is 12.4 Å². The van der Waals surface area contributed by atoms with Gasteiger partial charge in [-0.1, -0.05) is 26.2 Å². The van der Waals surface area contributed by atoms with Gasteiger partial charge < -0.3 is 15.7 Å².